The van der Waals surface area contributed by atoms with Crippen LogP contribution >= 0.6 is 0 Å². The number of alkyl halides is 3. The summed E-state index contributed by atoms with van der Waals surface area (Å²) < 4.78 is 62.1. The van der Waals surface area contributed by atoms with E-state index >= 15 is 0 Å². The van der Waals surface area contributed by atoms with Crippen molar-refractivity contribution in [1.82, 2.24) is 9.55 Å². The fourth-order valence-corrected chi connectivity index (χ4v) is 3.76. The van der Waals surface area contributed by atoms with Crippen molar-refractivity contribution in [3.63, 3.8) is 0 Å². The van der Waals surface area contributed by atoms with Gasteiger partial charge in [0.2, 0.25) is 0 Å². The first-order chi connectivity index (χ1) is 17.1. The molecule has 4 rings (SSSR count). The average molecular weight is 504 g/mol. The Morgan fingerprint density at radius 1 is 0.972 bits per heavy atom. The summed E-state index contributed by atoms with van der Waals surface area (Å²) in [6, 6.07) is 13.4. The van der Waals surface area contributed by atoms with Gasteiger partial charge < -0.3 is 19.6 Å². The number of nitrogens with zero attached hydrogens (tertiary/aromatic N) is 1. The molecule has 0 radical (unpaired) electrons. The van der Waals surface area contributed by atoms with E-state index in [0.717, 1.165) is 16.7 Å². The maximum absolute atomic E-state index is 13.5. The first-order valence-corrected chi connectivity index (χ1v) is 10.8. The second-order valence-electron chi connectivity index (χ2n) is 7.86. The van der Waals surface area contributed by atoms with Crippen LogP contribution in [-0.4, -0.2) is 27.6 Å². The highest BCUT2D eigenvalue weighted by Gasteiger charge is 2.31. The number of halogens is 4. The molecular formula is C25H20F4N2O5. The number of aromatic amines is 1. The Hall–Kier alpha value is -4.12. The highest BCUT2D eigenvalue weighted by atomic mass is 19.4. The summed E-state index contributed by atoms with van der Waals surface area (Å²) in [5, 5.41) is 9.26. The van der Waals surface area contributed by atoms with Gasteiger partial charge in [0.05, 0.1) is 10.9 Å². The van der Waals surface area contributed by atoms with E-state index in [-0.39, 0.29) is 48.4 Å². The Morgan fingerprint density at radius 2 is 1.69 bits per heavy atom. The van der Waals surface area contributed by atoms with E-state index in [4.69, 9.17) is 9.84 Å². The minimum absolute atomic E-state index is 0.0153. The van der Waals surface area contributed by atoms with Crippen LogP contribution in [0.2, 0.25) is 0 Å². The number of aliphatic hydroxyl groups excluding tert-OH is 1. The molecule has 188 valence electrons. The van der Waals surface area contributed by atoms with Crippen LogP contribution in [0.25, 0.3) is 10.9 Å². The fraction of sp³-hybridized carbons (Fsp3) is 0.200. The van der Waals surface area contributed by atoms with Gasteiger partial charge in [-0.1, -0.05) is 18.2 Å². The van der Waals surface area contributed by atoms with E-state index in [1.165, 1.54) is 48.5 Å². The van der Waals surface area contributed by atoms with Gasteiger partial charge in [0.1, 0.15) is 23.1 Å². The SMILES string of the molecule is O=c1[nH]c2ccc(Oc3cccc(OC(F)(F)F)c3)c(Cc3ccc(F)cc3)c2c(=O)n1CCCO. The van der Waals surface area contributed by atoms with Gasteiger partial charge in [-0.15, -0.1) is 13.2 Å². The third kappa shape index (κ3) is 5.74. The smallest absolute Gasteiger partial charge is 0.457 e. The number of benzene rings is 3. The molecule has 11 heteroatoms. The molecule has 0 saturated heterocycles. The predicted molar refractivity (Wildman–Crippen MR) is 123 cm³/mol. The summed E-state index contributed by atoms with van der Waals surface area (Å²) in [5.74, 6) is -0.780. The number of aromatic nitrogens is 2. The van der Waals surface area contributed by atoms with E-state index in [0.29, 0.717) is 11.1 Å². The van der Waals surface area contributed by atoms with E-state index in [1.54, 1.807) is 0 Å². The van der Waals surface area contributed by atoms with Crippen molar-refractivity contribution in [2.45, 2.75) is 25.7 Å². The summed E-state index contributed by atoms with van der Waals surface area (Å²) in [6.07, 6.45) is -4.63. The van der Waals surface area contributed by atoms with Crippen LogP contribution < -0.4 is 20.7 Å². The third-order valence-electron chi connectivity index (χ3n) is 5.32. The lowest BCUT2D eigenvalue weighted by Crippen LogP contribution is -2.35. The van der Waals surface area contributed by atoms with Crippen LogP contribution in [0, 0.1) is 5.82 Å². The first-order valence-electron chi connectivity index (χ1n) is 10.8. The molecule has 0 bridgehead atoms. The molecule has 36 heavy (non-hydrogen) atoms. The van der Waals surface area contributed by atoms with Crippen molar-refractivity contribution in [2.75, 3.05) is 6.61 Å². The largest absolute Gasteiger partial charge is 0.573 e. The second-order valence-corrected chi connectivity index (χ2v) is 7.86. The van der Waals surface area contributed by atoms with E-state index < -0.39 is 29.2 Å². The van der Waals surface area contributed by atoms with Gasteiger partial charge in [-0.25, -0.2) is 9.18 Å². The Kier molecular flexibility index (Phi) is 7.11. The Labute approximate surface area is 201 Å². The van der Waals surface area contributed by atoms with Gasteiger partial charge >= 0.3 is 12.1 Å². The zero-order valence-corrected chi connectivity index (χ0v) is 18.6. The lowest BCUT2D eigenvalue weighted by atomic mass is 10.00. The molecule has 7 nitrogen and oxygen atoms in total. The fourth-order valence-electron chi connectivity index (χ4n) is 3.76. The molecule has 0 unspecified atom stereocenters. The van der Waals surface area contributed by atoms with Crippen LogP contribution in [0.3, 0.4) is 0 Å². The lowest BCUT2D eigenvalue weighted by molar-refractivity contribution is -0.274. The predicted octanol–water partition coefficient (Wildman–Crippen LogP) is 4.49. The number of rotatable bonds is 8. The monoisotopic (exact) mass is 504 g/mol. The molecule has 0 aliphatic rings. The van der Waals surface area contributed by atoms with Crippen LogP contribution in [-0.2, 0) is 13.0 Å². The van der Waals surface area contributed by atoms with Gasteiger partial charge in [-0.3, -0.25) is 9.36 Å². The minimum atomic E-state index is -4.89. The number of nitrogens with one attached hydrogen (secondary N) is 1. The molecule has 2 N–H and O–H groups in total. The molecule has 0 spiro atoms. The number of hydrogen-bond acceptors (Lipinski definition) is 5. The zero-order valence-electron chi connectivity index (χ0n) is 18.6. The molecule has 0 atom stereocenters. The van der Waals surface area contributed by atoms with Gasteiger partial charge in [-0.2, -0.15) is 0 Å². The summed E-state index contributed by atoms with van der Waals surface area (Å²) in [7, 11) is 0. The quantitative estimate of drug-likeness (QED) is 0.345. The van der Waals surface area contributed by atoms with Crippen molar-refractivity contribution >= 4 is 10.9 Å². The Balaban J connectivity index is 1.85. The molecular weight excluding hydrogens is 484 g/mol. The van der Waals surface area contributed by atoms with Crippen molar-refractivity contribution in [3.8, 4) is 17.2 Å². The van der Waals surface area contributed by atoms with E-state index in [2.05, 4.69) is 9.72 Å². The van der Waals surface area contributed by atoms with Crippen LogP contribution in [0.15, 0.2) is 70.3 Å². The van der Waals surface area contributed by atoms with E-state index in [1.807, 2.05) is 0 Å². The Morgan fingerprint density at radius 3 is 2.39 bits per heavy atom. The maximum atomic E-state index is 13.5. The molecule has 4 aromatic rings. The lowest BCUT2D eigenvalue weighted by Gasteiger charge is -2.16. The van der Waals surface area contributed by atoms with Crippen LogP contribution in [0.1, 0.15) is 17.5 Å². The standard InChI is InChI=1S/C25H20F4N2O5/c26-16-7-5-15(6-8-16)13-19-21(35-17-3-1-4-18(14-17)36-25(27,28)29)10-9-20-22(19)23(33)31(11-2-12-32)24(34)30-20/h1,3-10,14,32H,2,11-13H2,(H,30,34). The van der Waals surface area contributed by atoms with Crippen molar-refractivity contribution in [3.05, 3.63) is 98.4 Å². The van der Waals surface area contributed by atoms with Crippen molar-refractivity contribution in [1.29, 1.82) is 0 Å². The second kappa shape index (κ2) is 10.2. The van der Waals surface area contributed by atoms with Crippen LogP contribution in [0.4, 0.5) is 17.6 Å². The van der Waals surface area contributed by atoms with Gasteiger partial charge in [-0.05, 0) is 48.4 Å². The van der Waals surface area contributed by atoms with Crippen molar-refractivity contribution in [2.24, 2.45) is 0 Å². The summed E-state index contributed by atoms with van der Waals surface area (Å²) in [4.78, 5) is 28.4. The maximum Gasteiger partial charge on any atom is 0.573 e. The van der Waals surface area contributed by atoms with Crippen LogP contribution in [0.5, 0.6) is 17.2 Å². The zero-order chi connectivity index (χ0) is 25.9. The molecule has 0 saturated carbocycles. The average Bonchev–Trinajstić information content (AvgIpc) is 2.81. The van der Waals surface area contributed by atoms with E-state index in [9.17, 15) is 27.2 Å². The number of H-pyrrole nitrogens is 1. The van der Waals surface area contributed by atoms with Crippen molar-refractivity contribution < 1.29 is 32.1 Å². The number of ether oxygens (including phenoxy) is 2. The molecule has 0 aliphatic carbocycles. The molecule has 0 aliphatic heterocycles. The molecule has 0 fully saturated rings. The number of hydrogen-bond donors (Lipinski definition) is 2. The highest BCUT2D eigenvalue weighted by molar-refractivity contribution is 5.84. The Bertz CT molecular complexity index is 1490. The molecule has 0 amide bonds. The highest BCUT2D eigenvalue weighted by Crippen LogP contribution is 2.33. The number of fused-ring (bicyclic) bond motifs is 1. The first kappa shape index (κ1) is 25.0. The third-order valence-corrected chi connectivity index (χ3v) is 5.32. The van der Waals surface area contributed by atoms with Gasteiger partial charge in [0, 0.05) is 31.2 Å². The van der Waals surface area contributed by atoms with Gasteiger partial charge in [0.25, 0.3) is 5.56 Å². The molecule has 1 heterocycles. The minimum Gasteiger partial charge on any atom is -0.457 e. The summed E-state index contributed by atoms with van der Waals surface area (Å²) in [6.45, 7) is -0.260. The molecule has 1 aromatic heterocycles. The topological polar surface area (TPSA) is 93.6 Å². The van der Waals surface area contributed by atoms with Gasteiger partial charge in [0.15, 0.2) is 0 Å². The number of aliphatic hydroxyl groups is 1. The summed E-state index contributed by atoms with van der Waals surface area (Å²) in [5.41, 5.74) is -0.0993. The molecule has 3 aromatic carbocycles. The normalized spacial score (nSPS) is 11.6. The summed E-state index contributed by atoms with van der Waals surface area (Å²) >= 11 is 0.